The van der Waals surface area contributed by atoms with E-state index >= 15 is 0 Å². The number of hydrogen-bond acceptors (Lipinski definition) is 4. The Kier molecular flexibility index (Phi) is 2.49. The first-order chi connectivity index (χ1) is 9.03. The minimum Gasteiger partial charge on any atom is -0.508 e. The van der Waals surface area contributed by atoms with Crippen LogP contribution in [0.5, 0.6) is 11.6 Å². The number of rotatable bonds is 1. The van der Waals surface area contributed by atoms with E-state index in [0.29, 0.717) is 11.6 Å². The quantitative estimate of drug-likeness (QED) is 0.852. The number of methoxy groups -OCH3 is 1. The molecule has 0 unspecified atom stereocenters. The summed E-state index contributed by atoms with van der Waals surface area (Å²) < 4.78 is 5.39. The zero-order valence-electron chi connectivity index (χ0n) is 11.3. The second-order valence-electron chi connectivity index (χ2n) is 5.51. The van der Waals surface area contributed by atoms with Crippen molar-refractivity contribution in [3.8, 4) is 22.9 Å². The Balaban J connectivity index is 2.33. The summed E-state index contributed by atoms with van der Waals surface area (Å²) >= 11 is 0. The minimum absolute atomic E-state index is 0.122. The number of phenols is 1. The Labute approximate surface area is 112 Å². The van der Waals surface area contributed by atoms with Crippen LogP contribution in [0.1, 0.15) is 25.0 Å². The number of aromatic nitrogens is 2. The Morgan fingerprint density at radius 1 is 1.26 bits per heavy atom. The van der Waals surface area contributed by atoms with Crippen LogP contribution in [0.3, 0.4) is 0 Å². The van der Waals surface area contributed by atoms with E-state index < -0.39 is 0 Å². The highest BCUT2D eigenvalue weighted by Crippen LogP contribution is 2.45. The summed E-state index contributed by atoms with van der Waals surface area (Å²) in [5.41, 5.74) is 3.97. The van der Waals surface area contributed by atoms with E-state index in [1.165, 1.54) is 6.33 Å². The Bertz CT molecular complexity index is 651. The zero-order valence-corrected chi connectivity index (χ0v) is 11.3. The van der Waals surface area contributed by atoms with Crippen molar-refractivity contribution in [1.82, 2.24) is 9.97 Å². The molecule has 1 heterocycles. The van der Waals surface area contributed by atoms with Crippen LogP contribution in [-0.4, -0.2) is 22.2 Å². The molecule has 0 saturated heterocycles. The van der Waals surface area contributed by atoms with Gasteiger partial charge in [0, 0.05) is 16.5 Å². The third kappa shape index (κ3) is 1.75. The van der Waals surface area contributed by atoms with Gasteiger partial charge in [-0.05, 0) is 30.2 Å². The van der Waals surface area contributed by atoms with Gasteiger partial charge in [0.25, 0.3) is 0 Å². The average Bonchev–Trinajstić information content (AvgIpc) is 2.37. The first-order valence-corrected chi connectivity index (χ1v) is 6.24. The molecule has 0 spiro atoms. The minimum atomic E-state index is -0.122. The molecule has 0 bridgehead atoms. The van der Waals surface area contributed by atoms with Gasteiger partial charge in [-0.15, -0.1) is 0 Å². The molecule has 3 rings (SSSR count). The van der Waals surface area contributed by atoms with E-state index in [1.54, 1.807) is 13.2 Å². The standard InChI is InChI=1S/C15H16N2O2/c1-15(2)7-9-6-10(18)4-5-11(9)13-12(15)14(19-3)17-8-16-13/h4-6,8,18H,7H2,1-3H3. The summed E-state index contributed by atoms with van der Waals surface area (Å²) in [5.74, 6) is 0.924. The van der Waals surface area contributed by atoms with Crippen molar-refractivity contribution in [2.24, 2.45) is 0 Å². The number of fused-ring (bicyclic) bond motifs is 3. The largest absolute Gasteiger partial charge is 0.508 e. The van der Waals surface area contributed by atoms with Crippen molar-refractivity contribution >= 4 is 0 Å². The van der Waals surface area contributed by atoms with Crippen LogP contribution >= 0.6 is 0 Å². The first kappa shape index (κ1) is 12.0. The highest BCUT2D eigenvalue weighted by Gasteiger charge is 2.35. The maximum atomic E-state index is 9.65. The molecule has 19 heavy (non-hydrogen) atoms. The summed E-state index contributed by atoms with van der Waals surface area (Å²) in [4.78, 5) is 8.64. The van der Waals surface area contributed by atoms with E-state index in [-0.39, 0.29) is 5.41 Å². The van der Waals surface area contributed by atoms with Gasteiger partial charge in [-0.25, -0.2) is 9.97 Å². The van der Waals surface area contributed by atoms with E-state index in [9.17, 15) is 5.11 Å². The van der Waals surface area contributed by atoms with Crippen molar-refractivity contribution in [2.45, 2.75) is 25.7 Å². The second kappa shape index (κ2) is 3.95. The first-order valence-electron chi connectivity index (χ1n) is 6.24. The van der Waals surface area contributed by atoms with Gasteiger partial charge in [0.15, 0.2) is 0 Å². The molecule has 0 atom stereocenters. The summed E-state index contributed by atoms with van der Waals surface area (Å²) in [7, 11) is 1.63. The predicted octanol–water partition coefficient (Wildman–Crippen LogP) is 2.69. The van der Waals surface area contributed by atoms with Crippen molar-refractivity contribution in [3.63, 3.8) is 0 Å². The van der Waals surface area contributed by atoms with Crippen molar-refractivity contribution in [3.05, 3.63) is 35.7 Å². The second-order valence-corrected chi connectivity index (χ2v) is 5.51. The van der Waals surface area contributed by atoms with Gasteiger partial charge in [0.1, 0.15) is 12.1 Å². The fourth-order valence-electron chi connectivity index (χ4n) is 2.86. The predicted molar refractivity (Wildman–Crippen MR) is 72.4 cm³/mol. The van der Waals surface area contributed by atoms with Gasteiger partial charge >= 0.3 is 0 Å². The van der Waals surface area contributed by atoms with E-state index in [0.717, 1.165) is 28.8 Å². The summed E-state index contributed by atoms with van der Waals surface area (Å²) in [6.45, 7) is 4.29. The van der Waals surface area contributed by atoms with Crippen molar-refractivity contribution < 1.29 is 9.84 Å². The van der Waals surface area contributed by atoms with E-state index in [2.05, 4.69) is 23.8 Å². The van der Waals surface area contributed by atoms with Crippen LogP contribution in [0.25, 0.3) is 11.3 Å². The lowest BCUT2D eigenvalue weighted by molar-refractivity contribution is 0.372. The Morgan fingerprint density at radius 3 is 2.79 bits per heavy atom. The Hall–Kier alpha value is -2.10. The summed E-state index contributed by atoms with van der Waals surface area (Å²) in [5, 5.41) is 9.65. The molecular formula is C15H16N2O2. The fraction of sp³-hybridized carbons (Fsp3) is 0.333. The molecule has 0 fully saturated rings. The van der Waals surface area contributed by atoms with Crippen LogP contribution in [0.15, 0.2) is 24.5 Å². The van der Waals surface area contributed by atoms with Gasteiger partial charge in [-0.1, -0.05) is 13.8 Å². The molecule has 98 valence electrons. The third-order valence-corrected chi connectivity index (χ3v) is 3.66. The van der Waals surface area contributed by atoms with Crippen LogP contribution in [0.4, 0.5) is 0 Å². The molecule has 0 radical (unpaired) electrons. The highest BCUT2D eigenvalue weighted by molar-refractivity contribution is 5.73. The SMILES string of the molecule is COc1ncnc2c1C(C)(C)Cc1cc(O)ccc1-2. The number of phenolic OH excluding ortho intramolecular Hbond substituents is 1. The number of aromatic hydroxyl groups is 1. The maximum absolute atomic E-state index is 9.65. The lowest BCUT2D eigenvalue weighted by Gasteiger charge is -2.33. The molecule has 2 aromatic rings. The van der Waals surface area contributed by atoms with E-state index in [4.69, 9.17) is 4.74 Å². The topological polar surface area (TPSA) is 55.2 Å². The fourth-order valence-corrected chi connectivity index (χ4v) is 2.86. The maximum Gasteiger partial charge on any atom is 0.220 e. The van der Waals surface area contributed by atoms with Crippen molar-refractivity contribution in [1.29, 1.82) is 0 Å². The molecule has 1 aliphatic carbocycles. The van der Waals surface area contributed by atoms with Gasteiger partial charge in [-0.2, -0.15) is 0 Å². The molecule has 0 saturated carbocycles. The summed E-state index contributed by atoms with van der Waals surface area (Å²) in [6.07, 6.45) is 2.35. The summed E-state index contributed by atoms with van der Waals surface area (Å²) in [6, 6.07) is 5.41. The van der Waals surface area contributed by atoms with Gasteiger partial charge in [0.2, 0.25) is 5.88 Å². The molecule has 4 heteroatoms. The molecule has 0 aliphatic heterocycles. The highest BCUT2D eigenvalue weighted by atomic mass is 16.5. The van der Waals surface area contributed by atoms with Gasteiger partial charge in [0.05, 0.1) is 12.8 Å². The lowest BCUT2D eigenvalue weighted by Crippen LogP contribution is -2.27. The molecule has 1 aromatic heterocycles. The van der Waals surface area contributed by atoms with Gasteiger partial charge in [-0.3, -0.25) is 0 Å². The number of benzene rings is 1. The molecule has 1 N–H and O–H groups in total. The van der Waals surface area contributed by atoms with Gasteiger partial charge < -0.3 is 9.84 Å². The number of ether oxygens (including phenoxy) is 1. The smallest absolute Gasteiger partial charge is 0.220 e. The van der Waals surface area contributed by atoms with Crippen LogP contribution in [-0.2, 0) is 11.8 Å². The average molecular weight is 256 g/mol. The molecule has 4 nitrogen and oxygen atoms in total. The molecule has 1 aromatic carbocycles. The van der Waals surface area contributed by atoms with Crippen LogP contribution in [0, 0.1) is 0 Å². The van der Waals surface area contributed by atoms with Crippen LogP contribution in [0.2, 0.25) is 0 Å². The normalized spacial score (nSPS) is 15.5. The Morgan fingerprint density at radius 2 is 2.05 bits per heavy atom. The lowest BCUT2D eigenvalue weighted by atomic mass is 9.72. The molecule has 1 aliphatic rings. The third-order valence-electron chi connectivity index (χ3n) is 3.66. The number of hydrogen-bond donors (Lipinski definition) is 1. The molecule has 0 amide bonds. The zero-order chi connectivity index (χ0) is 13.6. The van der Waals surface area contributed by atoms with Crippen molar-refractivity contribution in [2.75, 3.05) is 7.11 Å². The monoisotopic (exact) mass is 256 g/mol. The number of nitrogens with zero attached hydrogens (tertiary/aromatic N) is 2. The van der Waals surface area contributed by atoms with Crippen LogP contribution < -0.4 is 4.74 Å². The van der Waals surface area contributed by atoms with E-state index in [1.807, 2.05) is 12.1 Å². The molecular weight excluding hydrogens is 240 g/mol.